The second-order valence-electron chi connectivity index (χ2n) is 7.19. The number of nitrogens with one attached hydrogen (secondary N) is 2. The van der Waals surface area contributed by atoms with Crippen LogP contribution < -0.4 is 5.32 Å². The molecule has 162 valence electrons. The Morgan fingerprint density at radius 2 is 1.75 bits per heavy atom. The molecule has 2 heterocycles. The molecule has 0 fully saturated rings. The van der Waals surface area contributed by atoms with Crippen molar-refractivity contribution in [2.45, 2.75) is 0 Å². The highest BCUT2D eigenvalue weighted by Crippen LogP contribution is 2.26. The first kappa shape index (κ1) is 21.0. The number of anilines is 1. The van der Waals surface area contributed by atoms with Gasteiger partial charge in [-0.05, 0) is 42.0 Å². The average molecular weight is 436 g/mol. The maximum absolute atomic E-state index is 14.5. The monoisotopic (exact) mass is 436 g/mol. The quantitative estimate of drug-likeness (QED) is 0.480. The number of hydrogen-bond donors (Lipinski definition) is 2. The Kier molecular flexibility index (Phi) is 5.55. The van der Waals surface area contributed by atoms with Crippen LogP contribution in [0.4, 0.5) is 14.5 Å². The molecule has 4 rings (SSSR count). The summed E-state index contributed by atoms with van der Waals surface area (Å²) in [6.45, 7) is 0. The molecule has 0 aliphatic rings. The summed E-state index contributed by atoms with van der Waals surface area (Å²) in [6, 6.07) is 11.3. The average Bonchev–Trinajstić information content (AvgIpc) is 3.40. The van der Waals surface area contributed by atoms with Gasteiger partial charge in [0.1, 0.15) is 11.6 Å². The summed E-state index contributed by atoms with van der Waals surface area (Å²) < 4.78 is 32.9. The van der Waals surface area contributed by atoms with Crippen molar-refractivity contribution in [1.29, 1.82) is 0 Å². The van der Waals surface area contributed by atoms with Gasteiger partial charge in [0.15, 0.2) is 11.5 Å². The van der Waals surface area contributed by atoms with E-state index in [0.717, 1.165) is 5.56 Å². The number of H-pyrrole nitrogens is 1. The molecule has 0 saturated carbocycles. The van der Waals surface area contributed by atoms with Gasteiger partial charge < -0.3 is 14.6 Å². The lowest BCUT2D eigenvalue weighted by atomic mass is 10.1. The van der Waals surface area contributed by atoms with Gasteiger partial charge in [-0.1, -0.05) is 18.2 Å². The fraction of sp³-hybridized carbons (Fsp3) is 0.0870. The first-order chi connectivity index (χ1) is 15.3. The number of carbonyl (C=O) groups is 2. The first-order valence-corrected chi connectivity index (χ1v) is 9.56. The molecule has 0 saturated heterocycles. The summed E-state index contributed by atoms with van der Waals surface area (Å²) in [5.41, 5.74) is 1.64. The predicted molar refractivity (Wildman–Crippen MR) is 116 cm³/mol. The van der Waals surface area contributed by atoms with E-state index in [1.165, 1.54) is 41.3 Å². The molecule has 9 heteroatoms. The number of amides is 2. The molecule has 0 bridgehead atoms. The standard InChI is InChI=1S/C23H18F2N4O3/c1-29(2)23(31)21-10-9-20(32-21)22(30)26-19-11-15-17(27-28-18(15)12-16(19)25)8-5-13-3-6-14(24)7-4-13/h3-12H,1-2H3,(H,26,30)(H,27,28)/b8-5+. The topological polar surface area (TPSA) is 91.2 Å². The van der Waals surface area contributed by atoms with Gasteiger partial charge in [-0.2, -0.15) is 5.10 Å². The Balaban J connectivity index is 1.58. The molecular formula is C23H18F2N4O3. The van der Waals surface area contributed by atoms with Crippen LogP contribution in [0.3, 0.4) is 0 Å². The Morgan fingerprint density at radius 3 is 2.47 bits per heavy atom. The largest absolute Gasteiger partial charge is 0.446 e. The van der Waals surface area contributed by atoms with Crippen LogP contribution in [-0.4, -0.2) is 41.0 Å². The Hall–Kier alpha value is -4.27. The second kappa shape index (κ2) is 8.46. The van der Waals surface area contributed by atoms with Crippen LogP contribution in [0, 0.1) is 11.6 Å². The van der Waals surface area contributed by atoms with E-state index in [9.17, 15) is 18.4 Å². The van der Waals surface area contributed by atoms with Gasteiger partial charge in [-0.25, -0.2) is 8.78 Å². The van der Waals surface area contributed by atoms with Crippen molar-refractivity contribution in [1.82, 2.24) is 15.1 Å². The van der Waals surface area contributed by atoms with E-state index in [1.54, 1.807) is 38.4 Å². The minimum atomic E-state index is -0.701. The Bertz CT molecular complexity index is 1340. The highest BCUT2D eigenvalue weighted by molar-refractivity contribution is 6.04. The van der Waals surface area contributed by atoms with Gasteiger partial charge in [0.25, 0.3) is 11.8 Å². The molecular weight excluding hydrogens is 418 g/mol. The van der Waals surface area contributed by atoms with Crippen LogP contribution in [0.2, 0.25) is 0 Å². The van der Waals surface area contributed by atoms with E-state index >= 15 is 0 Å². The number of carbonyl (C=O) groups excluding carboxylic acids is 2. The molecule has 2 amide bonds. The van der Waals surface area contributed by atoms with Crippen LogP contribution in [0.15, 0.2) is 52.9 Å². The third-order valence-electron chi connectivity index (χ3n) is 4.68. The number of furan rings is 1. The summed E-state index contributed by atoms with van der Waals surface area (Å²) in [6.07, 6.45) is 3.43. The molecule has 0 radical (unpaired) electrons. The van der Waals surface area contributed by atoms with Crippen molar-refractivity contribution in [3.63, 3.8) is 0 Å². The summed E-state index contributed by atoms with van der Waals surface area (Å²) >= 11 is 0. The smallest absolute Gasteiger partial charge is 0.291 e. The first-order valence-electron chi connectivity index (χ1n) is 9.56. The fourth-order valence-electron chi connectivity index (χ4n) is 3.01. The van der Waals surface area contributed by atoms with Gasteiger partial charge in [-0.3, -0.25) is 14.7 Å². The number of fused-ring (bicyclic) bond motifs is 1. The number of rotatable bonds is 5. The molecule has 0 aliphatic heterocycles. The lowest BCUT2D eigenvalue weighted by Gasteiger charge is -2.07. The zero-order valence-electron chi connectivity index (χ0n) is 17.1. The van der Waals surface area contributed by atoms with Gasteiger partial charge >= 0.3 is 0 Å². The number of hydrogen-bond acceptors (Lipinski definition) is 4. The third-order valence-corrected chi connectivity index (χ3v) is 4.68. The van der Waals surface area contributed by atoms with E-state index in [0.29, 0.717) is 16.6 Å². The van der Waals surface area contributed by atoms with E-state index in [2.05, 4.69) is 15.5 Å². The highest BCUT2D eigenvalue weighted by atomic mass is 19.1. The molecule has 0 unspecified atom stereocenters. The minimum absolute atomic E-state index is 0.000810. The normalized spacial score (nSPS) is 11.2. The van der Waals surface area contributed by atoms with Gasteiger partial charge in [0, 0.05) is 25.5 Å². The molecule has 2 N–H and O–H groups in total. The van der Waals surface area contributed by atoms with Crippen LogP contribution in [0.1, 0.15) is 32.4 Å². The lowest BCUT2D eigenvalue weighted by Crippen LogP contribution is -2.21. The SMILES string of the molecule is CN(C)C(=O)c1ccc(C(=O)Nc2cc3c(/C=C/c4ccc(F)cc4)n[nH]c3cc2F)o1. The van der Waals surface area contributed by atoms with Crippen molar-refractivity contribution >= 4 is 40.6 Å². The summed E-state index contributed by atoms with van der Waals surface area (Å²) in [4.78, 5) is 25.8. The van der Waals surface area contributed by atoms with Gasteiger partial charge in [-0.15, -0.1) is 0 Å². The lowest BCUT2D eigenvalue weighted by molar-refractivity contribution is 0.0793. The summed E-state index contributed by atoms with van der Waals surface area (Å²) in [5, 5.41) is 9.93. The Labute approximate surface area is 181 Å². The van der Waals surface area contributed by atoms with Crippen molar-refractivity contribution in [3.8, 4) is 0 Å². The summed E-state index contributed by atoms with van der Waals surface area (Å²) in [5.74, 6) is -2.23. The molecule has 0 atom stereocenters. The number of aromatic nitrogens is 2. The molecule has 0 aliphatic carbocycles. The summed E-state index contributed by atoms with van der Waals surface area (Å²) in [7, 11) is 3.12. The zero-order valence-corrected chi connectivity index (χ0v) is 17.1. The molecule has 7 nitrogen and oxygen atoms in total. The molecule has 2 aromatic carbocycles. The van der Waals surface area contributed by atoms with Crippen molar-refractivity contribution < 1.29 is 22.8 Å². The zero-order chi connectivity index (χ0) is 22.8. The van der Waals surface area contributed by atoms with Gasteiger partial charge in [0.05, 0.1) is 16.9 Å². The number of benzene rings is 2. The van der Waals surface area contributed by atoms with Crippen molar-refractivity contribution in [2.24, 2.45) is 0 Å². The van der Waals surface area contributed by atoms with Gasteiger partial charge in [0.2, 0.25) is 0 Å². The van der Waals surface area contributed by atoms with Crippen LogP contribution in [0.25, 0.3) is 23.1 Å². The van der Waals surface area contributed by atoms with E-state index in [4.69, 9.17) is 4.42 Å². The van der Waals surface area contributed by atoms with Crippen molar-refractivity contribution in [3.05, 3.63) is 82.9 Å². The van der Waals surface area contributed by atoms with Crippen LogP contribution >= 0.6 is 0 Å². The van der Waals surface area contributed by atoms with E-state index in [-0.39, 0.29) is 23.0 Å². The Morgan fingerprint density at radius 1 is 1.03 bits per heavy atom. The molecule has 0 spiro atoms. The number of nitrogens with zero attached hydrogens (tertiary/aromatic N) is 2. The van der Waals surface area contributed by atoms with E-state index < -0.39 is 17.6 Å². The number of aromatic amines is 1. The van der Waals surface area contributed by atoms with E-state index in [1.807, 2.05) is 0 Å². The molecule has 2 aromatic heterocycles. The van der Waals surface area contributed by atoms with Crippen molar-refractivity contribution in [2.75, 3.05) is 19.4 Å². The predicted octanol–water partition coefficient (Wildman–Crippen LogP) is 4.56. The van der Waals surface area contributed by atoms with Crippen LogP contribution in [-0.2, 0) is 0 Å². The molecule has 4 aromatic rings. The number of halogens is 2. The third kappa shape index (κ3) is 4.27. The maximum atomic E-state index is 14.5. The fourth-order valence-corrected chi connectivity index (χ4v) is 3.01. The highest BCUT2D eigenvalue weighted by Gasteiger charge is 2.19. The molecule has 32 heavy (non-hydrogen) atoms. The second-order valence-corrected chi connectivity index (χ2v) is 7.19. The maximum Gasteiger partial charge on any atom is 0.291 e. The van der Waals surface area contributed by atoms with Crippen LogP contribution in [0.5, 0.6) is 0 Å². The minimum Gasteiger partial charge on any atom is -0.446 e.